The van der Waals surface area contributed by atoms with Crippen LogP contribution in [0.4, 0.5) is 0 Å². The maximum Gasteiger partial charge on any atom is 0.307 e. The van der Waals surface area contributed by atoms with Crippen molar-refractivity contribution in [3.8, 4) is 0 Å². The molecule has 0 aromatic heterocycles. The molecule has 1 N–H and O–H groups in total. The van der Waals surface area contributed by atoms with E-state index < -0.39 is 11.9 Å². The quantitative estimate of drug-likeness (QED) is 0.854. The number of hydrogen-bond acceptors (Lipinski definition) is 2. The molecule has 2 aliphatic rings. The minimum atomic E-state index is -0.793. The highest BCUT2D eigenvalue weighted by molar-refractivity contribution is 5.85. The van der Waals surface area contributed by atoms with E-state index in [1.165, 1.54) is 0 Å². The normalized spacial score (nSPS) is 31.7. The van der Waals surface area contributed by atoms with Crippen LogP contribution in [0.1, 0.15) is 52.4 Å². The van der Waals surface area contributed by atoms with E-state index in [1.54, 1.807) is 0 Å². The van der Waals surface area contributed by atoms with Gasteiger partial charge in [-0.15, -0.1) is 0 Å². The molecule has 1 aliphatic heterocycles. The lowest BCUT2D eigenvalue weighted by Gasteiger charge is -2.35. The van der Waals surface area contributed by atoms with E-state index in [0.717, 1.165) is 38.6 Å². The number of carbonyl (C=O) groups is 2. The molecule has 2 fully saturated rings. The number of nitrogens with zero attached hydrogens (tertiary/aromatic N) is 1. The smallest absolute Gasteiger partial charge is 0.307 e. The van der Waals surface area contributed by atoms with Crippen molar-refractivity contribution < 1.29 is 14.7 Å². The van der Waals surface area contributed by atoms with Crippen molar-refractivity contribution in [2.75, 3.05) is 6.54 Å². The number of rotatable bonds is 3. The number of likely N-dealkylation sites (tertiary alicyclic amines) is 1. The van der Waals surface area contributed by atoms with Crippen LogP contribution >= 0.6 is 0 Å². The van der Waals surface area contributed by atoms with Crippen molar-refractivity contribution in [2.45, 2.75) is 58.4 Å². The van der Waals surface area contributed by atoms with Gasteiger partial charge in [-0.2, -0.15) is 0 Å². The van der Waals surface area contributed by atoms with Crippen molar-refractivity contribution in [1.82, 2.24) is 4.90 Å². The topological polar surface area (TPSA) is 57.6 Å². The molecule has 0 radical (unpaired) electrons. The second-order valence-electron chi connectivity index (χ2n) is 6.32. The average Bonchev–Trinajstić information content (AvgIpc) is 2.87. The second-order valence-corrected chi connectivity index (χ2v) is 6.32. The fourth-order valence-corrected chi connectivity index (χ4v) is 3.69. The Morgan fingerprint density at radius 1 is 1.05 bits per heavy atom. The van der Waals surface area contributed by atoms with Crippen molar-refractivity contribution in [1.29, 1.82) is 0 Å². The Labute approximate surface area is 115 Å². The molecule has 0 aromatic carbocycles. The number of carboxylic acid groups (broad SMARTS) is 1. The molecule has 0 spiro atoms. The predicted octanol–water partition coefficient (Wildman–Crippen LogP) is 2.52. The SMILES string of the molecule is CC(C)C1CCCN1C(=O)C1CCCCC1C(=O)O. The molecule has 4 nitrogen and oxygen atoms in total. The highest BCUT2D eigenvalue weighted by atomic mass is 16.4. The van der Waals surface area contributed by atoms with E-state index >= 15 is 0 Å². The van der Waals surface area contributed by atoms with Gasteiger partial charge in [0.2, 0.25) is 5.91 Å². The zero-order valence-electron chi connectivity index (χ0n) is 12.0. The maximum absolute atomic E-state index is 12.7. The van der Waals surface area contributed by atoms with Crippen LogP contribution in [-0.4, -0.2) is 34.5 Å². The monoisotopic (exact) mass is 267 g/mol. The molecule has 2 rings (SSSR count). The highest BCUT2D eigenvalue weighted by Crippen LogP contribution is 2.34. The molecule has 1 saturated carbocycles. The van der Waals surface area contributed by atoms with Crippen LogP contribution in [0.2, 0.25) is 0 Å². The van der Waals surface area contributed by atoms with Gasteiger partial charge in [0.15, 0.2) is 0 Å². The minimum Gasteiger partial charge on any atom is -0.481 e. The summed E-state index contributed by atoms with van der Waals surface area (Å²) in [5.41, 5.74) is 0. The van der Waals surface area contributed by atoms with Crippen LogP contribution < -0.4 is 0 Å². The first-order valence-electron chi connectivity index (χ1n) is 7.55. The molecule has 4 heteroatoms. The van der Waals surface area contributed by atoms with Crippen molar-refractivity contribution in [3.05, 3.63) is 0 Å². The molecule has 1 heterocycles. The summed E-state index contributed by atoms with van der Waals surface area (Å²) >= 11 is 0. The van der Waals surface area contributed by atoms with Gasteiger partial charge in [-0.25, -0.2) is 0 Å². The summed E-state index contributed by atoms with van der Waals surface area (Å²) in [6.07, 6.45) is 5.45. The lowest BCUT2D eigenvalue weighted by atomic mass is 9.78. The van der Waals surface area contributed by atoms with Gasteiger partial charge in [-0.3, -0.25) is 9.59 Å². The van der Waals surface area contributed by atoms with Gasteiger partial charge >= 0.3 is 5.97 Å². The first-order chi connectivity index (χ1) is 9.02. The Morgan fingerprint density at radius 3 is 2.26 bits per heavy atom. The third kappa shape index (κ3) is 2.93. The first-order valence-corrected chi connectivity index (χ1v) is 7.55. The van der Waals surface area contributed by atoms with Crippen molar-refractivity contribution in [3.63, 3.8) is 0 Å². The van der Waals surface area contributed by atoms with E-state index in [9.17, 15) is 14.7 Å². The van der Waals surface area contributed by atoms with E-state index in [0.29, 0.717) is 18.4 Å². The molecule has 108 valence electrons. The molecule has 0 bridgehead atoms. The summed E-state index contributed by atoms with van der Waals surface area (Å²) in [4.78, 5) is 26.0. The Kier molecular flexibility index (Phi) is 4.48. The van der Waals surface area contributed by atoms with Crippen LogP contribution in [0.15, 0.2) is 0 Å². The number of amides is 1. The fourth-order valence-electron chi connectivity index (χ4n) is 3.69. The van der Waals surface area contributed by atoms with E-state index in [-0.39, 0.29) is 11.8 Å². The van der Waals surface area contributed by atoms with Crippen LogP contribution in [0.25, 0.3) is 0 Å². The van der Waals surface area contributed by atoms with Gasteiger partial charge in [0.05, 0.1) is 11.8 Å². The zero-order valence-corrected chi connectivity index (χ0v) is 12.0. The van der Waals surface area contributed by atoms with E-state index in [2.05, 4.69) is 13.8 Å². The highest BCUT2D eigenvalue weighted by Gasteiger charge is 2.41. The lowest BCUT2D eigenvalue weighted by molar-refractivity contribution is -0.153. The van der Waals surface area contributed by atoms with Gasteiger partial charge in [-0.05, 0) is 31.6 Å². The van der Waals surface area contributed by atoms with E-state index in [1.807, 2.05) is 4.90 Å². The summed E-state index contributed by atoms with van der Waals surface area (Å²) in [6, 6.07) is 0.309. The summed E-state index contributed by atoms with van der Waals surface area (Å²) in [5.74, 6) is -0.986. The largest absolute Gasteiger partial charge is 0.481 e. The van der Waals surface area contributed by atoms with Crippen LogP contribution in [0.3, 0.4) is 0 Å². The number of hydrogen-bond donors (Lipinski definition) is 1. The van der Waals surface area contributed by atoms with Gasteiger partial charge in [0, 0.05) is 12.6 Å². The third-order valence-corrected chi connectivity index (χ3v) is 4.75. The molecule has 1 aliphatic carbocycles. The third-order valence-electron chi connectivity index (χ3n) is 4.75. The Hall–Kier alpha value is -1.06. The van der Waals surface area contributed by atoms with Gasteiger partial charge in [0.25, 0.3) is 0 Å². The molecule has 1 saturated heterocycles. The predicted molar refractivity (Wildman–Crippen MR) is 72.7 cm³/mol. The Morgan fingerprint density at radius 2 is 1.68 bits per heavy atom. The molecule has 19 heavy (non-hydrogen) atoms. The summed E-state index contributed by atoms with van der Waals surface area (Å²) < 4.78 is 0. The van der Waals surface area contributed by atoms with Crippen LogP contribution in [-0.2, 0) is 9.59 Å². The molecular weight excluding hydrogens is 242 g/mol. The lowest BCUT2D eigenvalue weighted by Crippen LogP contribution is -2.46. The Bertz CT molecular complexity index is 353. The summed E-state index contributed by atoms with van der Waals surface area (Å²) in [7, 11) is 0. The number of carbonyl (C=O) groups excluding carboxylic acids is 1. The summed E-state index contributed by atoms with van der Waals surface area (Å²) in [6.45, 7) is 5.10. The van der Waals surface area contributed by atoms with Crippen LogP contribution in [0, 0.1) is 17.8 Å². The van der Waals surface area contributed by atoms with Gasteiger partial charge < -0.3 is 10.0 Å². The van der Waals surface area contributed by atoms with Crippen molar-refractivity contribution >= 4 is 11.9 Å². The van der Waals surface area contributed by atoms with Gasteiger partial charge in [-0.1, -0.05) is 26.7 Å². The second kappa shape index (κ2) is 5.93. The maximum atomic E-state index is 12.7. The molecule has 0 aromatic rings. The zero-order chi connectivity index (χ0) is 14.0. The molecule has 3 unspecified atom stereocenters. The minimum absolute atomic E-state index is 0.100. The number of carboxylic acids is 1. The van der Waals surface area contributed by atoms with Crippen LogP contribution in [0.5, 0.6) is 0 Å². The average molecular weight is 267 g/mol. The van der Waals surface area contributed by atoms with Crippen molar-refractivity contribution in [2.24, 2.45) is 17.8 Å². The van der Waals surface area contributed by atoms with Gasteiger partial charge in [0.1, 0.15) is 0 Å². The fraction of sp³-hybridized carbons (Fsp3) is 0.867. The standard InChI is InChI=1S/C15H25NO3/c1-10(2)13-8-5-9-16(13)14(17)11-6-3-4-7-12(11)15(18)19/h10-13H,3-9H2,1-2H3,(H,18,19). The molecular formula is C15H25NO3. The first kappa shape index (κ1) is 14.4. The molecule has 1 amide bonds. The Balaban J connectivity index is 2.10. The van der Waals surface area contributed by atoms with E-state index in [4.69, 9.17) is 0 Å². The molecule has 3 atom stereocenters. The number of aliphatic carboxylic acids is 1. The summed E-state index contributed by atoms with van der Waals surface area (Å²) in [5, 5.41) is 9.30.